The van der Waals surface area contributed by atoms with E-state index in [-0.39, 0.29) is 11.9 Å². The van der Waals surface area contributed by atoms with Crippen molar-refractivity contribution in [1.82, 2.24) is 0 Å². The maximum absolute atomic E-state index is 13.5. The topological polar surface area (TPSA) is 26.0 Å². The van der Waals surface area contributed by atoms with Crippen LogP contribution in [0.4, 0.5) is 4.39 Å². The minimum atomic E-state index is -0.315. The Labute approximate surface area is 91.9 Å². The van der Waals surface area contributed by atoms with Gasteiger partial charge in [0.25, 0.3) is 0 Å². The number of halogens is 2. The van der Waals surface area contributed by atoms with E-state index >= 15 is 0 Å². The van der Waals surface area contributed by atoms with Gasteiger partial charge in [-0.15, -0.1) is 6.58 Å². The Balaban J connectivity index is 2.95. The van der Waals surface area contributed by atoms with Crippen LogP contribution < -0.4 is 5.73 Å². The first kappa shape index (κ1) is 11.4. The molecule has 76 valence electrons. The van der Waals surface area contributed by atoms with Crippen molar-refractivity contribution < 1.29 is 4.39 Å². The highest BCUT2D eigenvalue weighted by atomic mass is 79.9. The number of hydrogen-bond acceptors (Lipinski definition) is 1. The van der Waals surface area contributed by atoms with Crippen LogP contribution in [0.5, 0.6) is 0 Å². The summed E-state index contributed by atoms with van der Waals surface area (Å²) in [7, 11) is 0. The zero-order valence-corrected chi connectivity index (χ0v) is 9.64. The molecule has 1 rings (SSSR count). The molecule has 1 atom stereocenters. The molecule has 14 heavy (non-hydrogen) atoms. The van der Waals surface area contributed by atoms with E-state index in [1.54, 1.807) is 18.2 Å². The van der Waals surface area contributed by atoms with Gasteiger partial charge in [-0.1, -0.05) is 17.7 Å². The quantitative estimate of drug-likeness (QED) is 0.824. The van der Waals surface area contributed by atoms with Gasteiger partial charge in [0.15, 0.2) is 0 Å². The number of nitrogens with two attached hydrogens (primary N) is 1. The average molecular weight is 258 g/mol. The Morgan fingerprint density at radius 1 is 1.64 bits per heavy atom. The van der Waals surface area contributed by atoms with Crippen LogP contribution >= 0.6 is 15.9 Å². The van der Waals surface area contributed by atoms with Crippen LogP contribution in [0, 0.1) is 5.82 Å². The summed E-state index contributed by atoms with van der Waals surface area (Å²) in [5.41, 5.74) is 7.33. The van der Waals surface area contributed by atoms with E-state index in [4.69, 9.17) is 5.73 Å². The standard InChI is InChI=1S/C11H13BrFN/c1-7(2)6-10(14)8-4-3-5-9(12)11(8)13/h3-5,10H,1,6,14H2,2H3. The van der Waals surface area contributed by atoms with Gasteiger partial charge < -0.3 is 5.73 Å². The normalized spacial score (nSPS) is 12.6. The molecule has 0 aliphatic heterocycles. The average Bonchev–Trinajstić information content (AvgIpc) is 2.08. The highest BCUT2D eigenvalue weighted by Gasteiger charge is 2.12. The van der Waals surface area contributed by atoms with Crippen molar-refractivity contribution in [1.29, 1.82) is 0 Å². The lowest BCUT2D eigenvalue weighted by atomic mass is 10.0. The zero-order chi connectivity index (χ0) is 10.7. The summed E-state index contributed by atoms with van der Waals surface area (Å²) < 4.78 is 14.0. The molecular formula is C11H13BrFN. The molecule has 3 heteroatoms. The van der Waals surface area contributed by atoms with Crippen molar-refractivity contribution in [3.8, 4) is 0 Å². The third kappa shape index (κ3) is 2.66. The molecule has 0 amide bonds. The van der Waals surface area contributed by atoms with Crippen LogP contribution in [0.15, 0.2) is 34.8 Å². The Hall–Kier alpha value is -0.670. The van der Waals surface area contributed by atoms with Crippen molar-refractivity contribution >= 4 is 15.9 Å². The molecule has 1 nitrogen and oxygen atoms in total. The Bertz CT molecular complexity index is 349. The molecule has 0 radical (unpaired) electrons. The van der Waals surface area contributed by atoms with E-state index in [1.165, 1.54) is 0 Å². The van der Waals surface area contributed by atoms with Gasteiger partial charge >= 0.3 is 0 Å². The van der Waals surface area contributed by atoms with Gasteiger partial charge in [-0.05, 0) is 35.3 Å². The molecule has 2 N–H and O–H groups in total. The van der Waals surface area contributed by atoms with Crippen LogP contribution in [0.2, 0.25) is 0 Å². The second-order valence-corrected chi connectivity index (χ2v) is 4.27. The summed E-state index contributed by atoms with van der Waals surface area (Å²) in [6, 6.07) is 4.82. The Morgan fingerprint density at radius 3 is 2.86 bits per heavy atom. The summed E-state index contributed by atoms with van der Waals surface area (Å²) in [5.74, 6) is -0.277. The highest BCUT2D eigenvalue weighted by molar-refractivity contribution is 9.10. The lowest BCUT2D eigenvalue weighted by Gasteiger charge is -2.13. The lowest BCUT2D eigenvalue weighted by Crippen LogP contribution is -2.12. The van der Waals surface area contributed by atoms with Gasteiger partial charge in [0.2, 0.25) is 0 Å². The number of benzene rings is 1. The fourth-order valence-corrected chi connectivity index (χ4v) is 1.67. The fraction of sp³-hybridized carbons (Fsp3) is 0.273. The fourth-order valence-electron chi connectivity index (χ4n) is 1.29. The first-order valence-corrected chi connectivity index (χ1v) is 5.15. The molecular weight excluding hydrogens is 245 g/mol. The molecule has 0 saturated heterocycles. The third-order valence-corrected chi connectivity index (χ3v) is 2.56. The summed E-state index contributed by atoms with van der Waals surface area (Å²) in [4.78, 5) is 0. The highest BCUT2D eigenvalue weighted by Crippen LogP contribution is 2.25. The maximum atomic E-state index is 13.5. The molecule has 0 aromatic heterocycles. The van der Waals surface area contributed by atoms with E-state index < -0.39 is 0 Å². The zero-order valence-electron chi connectivity index (χ0n) is 8.06. The Morgan fingerprint density at radius 2 is 2.29 bits per heavy atom. The lowest BCUT2D eigenvalue weighted by molar-refractivity contribution is 0.574. The molecule has 0 saturated carbocycles. The predicted octanol–water partition coefficient (Wildman–Crippen LogP) is 3.55. The summed E-state index contributed by atoms with van der Waals surface area (Å²) in [6.45, 7) is 5.64. The van der Waals surface area contributed by atoms with Gasteiger partial charge in [-0.25, -0.2) is 4.39 Å². The first-order valence-electron chi connectivity index (χ1n) is 4.36. The van der Waals surface area contributed by atoms with E-state index in [2.05, 4.69) is 22.5 Å². The third-order valence-electron chi connectivity index (χ3n) is 1.95. The Kier molecular flexibility index (Phi) is 3.84. The molecule has 1 aromatic rings. The minimum Gasteiger partial charge on any atom is -0.324 e. The van der Waals surface area contributed by atoms with E-state index in [9.17, 15) is 4.39 Å². The summed E-state index contributed by atoms with van der Waals surface area (Å²) in [6.07, 6.45) is 0.605. The van der Waals surface area contributed by atoms with E-state index in [0.717, 1.165) is 5.57 Å². The van der Waals surface area contributed by atoms with Crippen molar-refractivity contribution in [3.05, 3.63) is 46.2 Å². The SMILES string of the molecule is C=C(C)CC(N)c1cccc(Br)c1F. The van der Waals surface area contributed by atoms with E-state index in [1.807, 2.05) is 6.92 Å². The van der Waals surface area contributed by atoms with Gasteiger partial charge in [0, 0.05) is 11.6 Å². The monoisotopic (exact) mass is 257 g/mol. The summed E-state index contributed by atoms with van der Waals surface area (Å²) in [5, 5.41) is 0. The smallest absolute Gasteiger partial charge is 0.142 e. The van der Waals surface area contributed by atoms with Gasteiger partial charge in [-0.3, -0.25) is 0 Å². The predicted molar refractivity (Wildman–Crippen MR) is 60.5 cm³/mol. The maximum Gasteiger partial charge on any atom is 0.142 e. The van der Waals surface area contributed by atoms with Gasteiger partial charge in [0.05, 0.1) is 4.47 Å². The molecule has 0 aliphatic carbocycles. The van der Waals surface area contributed by atoms with Crippen LogP contribution in [-0.2, 0) is 0 Å². The van der Waals surface area contributed by atoms with Gasteiger partial charge in [0.1, 0.15) is 5.82 Å². The second-order valence-electron chi connectivity index (χ2n) is 3.41. The van der Waals surface area contributed by atoms with Crippen molar-refractivity contribution in [2.45, 2.75) is 19.4 Å². The minimum absolute atomic E-state index is 0.277. The molecule has 0 fully saturated rings. The van der Waals surface area contributed by atoms with E-state index in [0.29, 0.717) is 16.5 Å². The molecule has 0 spiro atoms. The summed E-state index contributed by atoms with van der Waals surface area (Å²) >= 11 is 3.13. The van der Waals surface area contributed by atoms with Crippen LogP contribution in [-0.4, -0.2) is 0 Å². The molecule has 0 bridgehead atoms. The van der Waals surface area contributed by atoms with Crippen LogP contribution in [0.25, 0.3) is 0 Å². The van der Waals surface area contributed by atoms with Crippen molar-refractivity contribution in [2.75, 3.05) is 0 Å². The number of hydrogen-bond donors (Lipinski definition) is 1. The molecule has 0 aliphatic rings. The first-order chi connectivity index (χ1) is 6.52. The second kappa shape index (κ2) is 4.71. The number of rotatable bonds is 3. The van der Waals surface area contributed by atoms with Gasteiger partial charge in [-0.2, -0.15) is 0 Å². The van der Waals surface area contributed by atoms with Crippen LogP contribution in [0.3, 0.4) is 0 Å². The molecule has 0 heterocycles. The largest absolute Gasteiger partial charge is 0.324 e. The van der Waals surface area contributed by atoms with Crippen LogP contribution in [0.1, 0.15) is 24.9 Å². The molecule has 1 unspecified atom stereocenters. The molecule has 1 aromatic carbocycles. The van der Waals surface area contributed by atoms with Crippen molar-refractivity contribution in [2.24, 2.45) is 5.73 Å². The van der Waals surface area contributed by atoms with Crippen molar-refractivity contribution in [3.63, 3.8) is 0 Å².